The monoisotopic (exact) mass is 208 g/mol. The van der Waals surface area contributed by atoms with E-state index in [1.165, 1.54) is 0 Å². The van der Waals surface area contributed by atoms with E-state index in [0.717, 1.165) is 5.56 Å². The first-order chi connectivity index (χ1) is 6.70. The zero-order chi connectivity index (χ0) is 10.0. The molecule has 1 aromatic rings. The summed E-state index contributed by atoms with van der Waals surface area (Å²) in [6.45, 7) is 0. The SMILES string of the molecule is O=S1(=O)CC=CCC1c1ccccc1. The Balaban J connectivity index is 2.40. The maximum atomic E-state index is 11.7. The van der Waals surface area contributed by atoms with Crippen molar-refractivity contribution in [2.24, 2.45) is 0 Å². The summed E-state index contributed by atoms with van der Waals surface area (Å²) in [5.74, 6) is 0.173. The van der Waals surface area contributed by atoms with Gasteiger partial charge in [0.05, 0.1) is 11.0 Å². The Morgan fingerprint density at radius 3 is 2.43 bits per heavy atom. The molecule has 0 N–H and O–H groups in total. The van der Waals surface area contributed by atoms with Crippen molar-refractivity contribution >= 4 is 9.84 Å². The van der Waals surface area contributed by atoms with Crippen LogP contribution in [0.1, 0.15) is 17.2 Å². The summed E-state index contributed by atoms with van der Waals surface area (Å²) in [6.07, 6.45) is 4.28. The minimum atomic E-state index is -2.96. The average Bonchev–Trinajstić information content (AvgIpc) is 2.18. The van der Waals surface area contributed by atoms with E-state index < -0.39 is 9.84 Å². The minimum absolute atomic E-state index is 0.173. The van der Waals surface area contributed by atoms with E-state index in [2.05, 4.69) is 0 Å². The molecule has 1 aliphatic rings. The van der Waals surface area contributed by atoms with E-state index in [1.54, 1.807) is 6.08 Å². The Morgan fingerprint density at radius 2 is 1.79 bits per heavy atom. The van der Waals surface area contributed by atoms with Gasteiger partial charge in [0.15, 0.2) is 9.84 Å². The van der Waals surface area contributed by atoms with Gasteiger partial charge < -0.3 is 0 Å². The van der Waals surface area contributed by atoms with Crippen molar-refractivity contribution in [3.05, 3.63) is 48.0 Å². The first-order valence-electron chi connectivity index (χ1n) is 4.62. The third kappa shape index (κ3) is 1.73. The van der Waals surface area contributed by atoms with Gasteiger partial charge in [-0.05, 0) is 12.0 Å². The molecule has 0 fully saturated rings. The largest absolute Gasteiger partial charge is 0.228 e. The van der Waals surface area contributed by atoms with E-state index >= 15 is 0 Å². The molecule has 2 nitrogen and oxygen atoms in total. The number of benzene rings is 1. The van der Waals surface area contributed by atoms with Crippen LogP contribution in [0.15, 0.2) is 42.5 Å². The lowest BCUT2D eigenvalue weighted by Crippen LogP contribution is -2.18. The second-order valence-electron chi connectivity index (χ2n) is 3.44. The summed E-state index contributed by atoms with van der Waals surface area (Å²) < 4.78 is 23.5. The molecule has 1 aliphatic heterocycles. The Bertz CT molecular complexity index is 432. The van der Waals surface area contributed by atoms with Crippen molar-refractivity contribution in [2.75, 3.05) is 5.75 Å². The predicted molar refractivity (Wildman–Crippen MR) is 56.7 cm³/mol. The van der Waals surface area contributed by atoms with Crippen molar-refractivity contribution in [3.63, 3.8) is 0 Å². The molecule has 1 atom stereocenters. The molecule has 1 unspecified atom stereocenters. The van der Waals surface area contributed by atoms with Gasteiger partial charge in [-0.3, -0.25) is 0 Å². The van der Waals surface area contributed by atoms with E-state index in [9.17, 15) is 8.42 Å². The Morgan fingerprint density at radius 1 is 1.07 bits per heavy atom. The summed E-state index contributed by atoms with van der Waals surface area (Å²) in [5.41, 5.74) is 0.900. The third-order valence-corrected chi connectivity index (χ3v) is 4.44. The Hall–Kier alpha value is -1.09. The van der Waals surface area contributed by atoms with Gasteiger partial charge in [0.1, 0.15) is 0 Å². The maximum absolute atomic E-state index is 11.7. The molecule has 0 aliphatic carbocycles. The molecular weight excluding hydrogens is 196 g/mol. The number of hydrogen-bond acceptors (Lipinski definition) is 2. The summed E-state index contributed by atoms with van der Waals surface area (Å²) in [6, 6.07) is 9.41. The third-order valence-electron chi connectivity index (χ3n) is 2.45. The van der Waals surface area contributed by atoms with Crippen LogP contribution in [-0.4, -0.2) is 14.2 Å². The van der Waals surface area contributed by atoms with Gasteiger partial charge in [-0.1, -0.05) is 42.5 Å². The zero-order valence-electron chi connectivity index (χ0n) is 7.76. The average molecular weight is 208 g/mol. The number of allylic oxidation sites excluding steroid dienone is 1. The summed E-state index contributed by atoms with van der Waals surface area (Å²) >= 11 is 0. The van der Waals surface area contributed by atoms with E-state index in [-0.39, 0.29) is 11.0 Å². The first kappa shape index (κ1) is 9.46. The molecule has 0 amide bonds. The first-order valence-corrected chi connectivity index (χ1v) is 6.33. The predicted octanol–water partition coefficient (Wildman–Crippen LogP) is 2.10. The van der Waals surface area contributed by atoms with Crippen LogP contribution in [0.5, 0.6) is 0 Å². The van der Waals surface area contributed by atoms with Crippen LogP contribution >= 0.6 is 0 Å². The van der Waals surface area contributed by atoms with Gasteiger partial charge >= 0.3 is 0 Å². The molecule has 74 valence electrons. The van der Waals surface area contributed by atoms with Gasteiger partial charge in [0.25, 0.3) is 0 Å². The van der Waals surface area contributed by atoms with Crippen molar-refractivity contribution in [1.29, 1.82) is 0 Å². The maximum Gasteiger partial charge on any atom is 0.161 e. The van der Waals surface area contributed by atoms with E-state index in [1.807, 2.05) is 36.4 Å². The van der Waals surface area contributed by atoms with E-state index in [4.69, 9.17) is 0 Å². The Kier molecular flexibility index (Phi) is 2.42. The quantitative estimate of drug-likeness (QED) is 0.662. The molecule has 0 radical (unpaired) electrons. The Labute approximate surface area is 84.2 Å². The highest BCUT2D eigenvalue weighted by Crippen LogP contribution is 2.29. The van der Waals surface area contributed by atoms with Crippen LogP contribution in [0.25, 0.3) is 0 Å². The van der Waals surface area contributed by atoms with Crippen LogP contribution in [-0.2, 0) is 9.84 Å². The molecular formula is C11H12O2S. The molecule has 0 saturated carbocycles. The van der Waals surface area contributed by atoms with Crippen molar-refractivity contribution < 1.29 is 8.42 Å². The lowest BCUT2D eigenvalue weighted by Gasteiger charge is -2.18. The zero-order valence-corrected chi connectivity index (χ0v) is 8.57. The molecule has 14 heavy (non-hydrogen) atoms. The summed E-state index contributed by atoms with van der Waals surface area (Å²) in [4.78, 5) is 0. The normalized spacial score (nSPS) is 24.7. The second kappa shape index (κ2) is 3.58. The standard InChI is InChI=1S/C11H12O2S/c12-14(13)9-5-4-8-11(14)10-6-2-1-3-7-10/h1-7,11H,8-9H2. The summed E-state index contributed by atoms with van der Waals surface area (Å²) in [7, 11) is -2.96. The van der Waals surface area contributed by atoms with Crippen LogP contribution in [0.3, 0.4) is 0 Å². The van der Waals surface area contributed by atoms with Gasteiger partial charge in [-0.2, -0.15) is 0 Å². The molecule has 0 aromatic heterocycles. The molecule has 2 rings (SSSR count). The molecule has 0 spiro atoms. The van der Waals surface area contributed by atoms with Crippen molar-refractivity contribution in [3.8, 4) is 0 Å². The highest BCUT2D eigenvalue weighted by Gasteiger charge is 2.27. The van der Waals surface area contributed by atoms with Crippen molar-refractivity contribution in [2.45, 2.75) is 11.7 Å². The lowest BCUT2D eigenvalue weighted by atomic mass is 10.1. The molecule has 1 heterocycles. The number of sulfone groups is 1. The molecule has 0 saturated heterocycles. The smallest absolute Gasteiger partial charge is 0.161 e. The number of hydrogen-bond donors (Lipinski definition) is 0. The van der Waals surface area contributed by atoms with Crippen LogP contribution in [0.2, 0.25) is 0 Å². The van der Waals surface area contributed by atoms with Gasteiger partial charge in [0.2, 0.25) is 0 Å². The van der Waals surface area contributed by atoms with Gasteiger partial charge in [0, 0.05) is 0 Å². The van der Waals surface area contributed by atoms with Crippen LogP contribution < -0.4 is 0 Å². The van der Waals surface area contributed by atoms with E-state index in [0.29, 0.717) is 6.42 Å². The van der Waals surface area contributed by atoms with Crippen LogP contribution in [0, 0.1) is 0 Å². The minimum Gasteiger partial charge on any atom is -0.228 e. The fourth-order valence-corrected chi connectivity index (χ4v) is 3.31. The van der Waals surface area contributed by atoms with Crippen LogP contribution in [0.4, 0.5) is 0 Å². The fraction of sp³-hybridized carbons (Fsp3) is 0.273. The molecule has 0 bridgehead atoms. The number of rotatable bonds is 1. The lowest BCUT2D eigenvalue weighted by molar-refractivity contribution is 0.583. The molecule has 1 aromatic carbocycles. The van der Waals surface area contributed by atoms with Gasteiger partial charge in [-0.15, -0.1) is 0 Å². The topological polar surface area (TPSA) is 34.1 Å². The highest BCUT2D eigenvalue weighted by atomic mass is 32.2. The van der Waals surface area contributed by atoms with Crippen molar-refractivity contribution in [1.82, 2.24) is 0 Å². The molecule has 3 heteroatoms. The fourth-order valence-electron chi connectivity index (χ4n) is 1.70. The highest BCUT2D eigenvalue weighted by molar-refractivity contribution is 7.91. The van der Waals surface area contributed by atoms with Gasteiger partial charge in [-0.25, -0.2) is 8.42 Å². The summed E-state index contributed by atoms with van der Waals surface area (Å²) in [5, 5.41) is -0.339. The second-order valence-corrected chi connectivity index (χ2v) is 5.66.